The number of halogens is 1. The second kappa shape index (κ2) is 9.36. The van der Waals surface area contributed by atoms with Crippen LogP contribution < -0.4 is 4.74 Å². The van der Waals surface area contributed by atoms with Gasteiger partial charge in [-0.3, -0.25) is 4.90 Å². The van der Waals surface area contributed by atoms with Crippen LogP contribution in [0.3, 0.4) is 0 Å². The van der Waals surface area contributed by atoms with E-state index in [0.29, 0.717) is 5.75 Å². The van der Waals surface area contributed by atoms with Gasteiger partial charge < -0.3 is 9.84 Å². The van der Waals surface area contributed by atoms with Crippen LogP contribution in [0, 0.1) is 5.82 Å². The number of benzene rings is 3. The quantitative estimate of drug-likeness (QED) is 0.482. The minimum absolute atomic E-state index is 0.0822. The molecule has 2 aliphatic rings. The second-order valence-electron chi connectivity index (χ2n) is 9.05. The molecule has 4 nitrogen and oxygen atoms in total. The summed E-state index contributed by atoms with van der Waals surface area (Å²) in [5.41, 5.74) is 3.02. The van der Waals surface area contributed by atoms with Gasteiger partial charge in [0.1, 0.15) is 17.7 Å². The summed E-state index contributed by atoms with van der Waals surface area (Å²) in [6, 6.07) is 23.8. The number of nitrogens with zero attached hydrogens (tertiary/aromatic N) is 1. The Hall–Kier alpha value is -3.18. The van der Waals surface area contributed by atoms with Crippen molar-refractivity contribution in [2.24, 2.45) is 0 Å². The van der Waals surface area contributed by atoms with Gasteiger partial charge in [-0.1, -0.05) is 60.7 Å². The number of likely N-dealkylation sites (tertiary alicyclic amines) is 1. The van der Waals surface area contributed by atoms with Crippen molar-refractivity contribution in [3.05, 3.63) is 101 Å². The van der Waals surface area contributed by atoms with Gasteiger partial charge in [0, 0.05) is 12.6 Å². The van der Waals surface area contributed by atoms with Crippen LogP contribution in [0.4, 0.5) is 4.39 Å². The summed E-state index contributed by atoms with van der Waals surface area (Å²) in [6.45, 7) is 1.68. The molecule has 1 saturated heterocycles. The molecular formula is C28H28FNO3. The van der Waals surface area contributed by atoms with Gasteiger partial charge in [-0.2, -0.15) is 0 Å². The number of hydrogen-bond acceptors (Lipinski definition) is 3. The maximum atomic E-state index is 14.5. The highest BCUT2D eigenvalue weighted by Gasteiger charge is 2.33. The largest absolute Gasteiger partial charge is 0.489 e. The molecule has 33 heavy (non-hydrogen) atoms. The molecule has 3 aromatic rings. The van der Waals surface area contributed by atoms with Gasteiger partial charge in [-0.25, -0.2) is 9.18 Å². The fourth-order valence-corrected chi connectivity index (χ4v) is 4.91. The summed E-state index contributed by atoms with van der Waals surface area (Å²) in [7, 11) is 0. The number of piperidine rings is 1. The van der Waals surface area contributed by atoms with E-state index in [0.717, 1.165) is 44.3 Å². The Bertz CT molecular complexity index is 1080. The molecule has 1 aliphatic carbocycles. The normalized spacial score (nSPS) is 18.9. The van der Waals surface area contributed by atoms with Gasteiger partial charge in [0.05, 0.1) is 11.6 Å². The predicted octanol–water partition coefficient (Wildman–Crippen LogP) is 6.03. The van der Waals surface area contributed by atoms with Crippen LogP contribution in [-0.4, -0.2) is 35.2 Å². The lowest BCUT2D eigenvalue weighted by atomic mass is 9.94. The minimum atomic E-state index is -1.24. The maximum absolute atomic E-state index is 14.5. The highest BCUT2D eigenvalue weighted by molar-refractivity contribution is 5.88. The lowest BCUT2D eigenvalue weighted by Gasteiger charge is -2.39. The number of aromatic carboxylic acids is 1. The molecule has 0 unspecified atom stereocenters. The summed E-state index contributed by atoms with van der Waals surface area (Å²) in [5.74, 6) is -1.21. The lowest BCUT2D eigenvalue weighted by Crippen LogP contribution is -2.43. The molecule has 1 N–H and O–H groups in total. The van der Waals surface area contributed by atoms with Crippen molar-refractivity contribution >= 4 is 5.97 Å². The Morgan fingerprint density at radius 1 is 0.970 bits per heavy atom. The zero-order valence-electron chi connectivity index (χ0n) is 18.5. The van der Waals surface area contributed by atoms with Gasteiger partial charge in [-0.15, -0.1) is 0 Å². The maximum Gasteiger partial charge on any atom is 0.338 e. The molecular weight excluding hydrogens is 417 g/mol. The average Bonchev–Trinajstić information content (AvgIpc) is 3.66. The van der Waals surface area contributed by atoms with E-state index in [9.17, 15) is 14.3 Å². The third-order valence-corrected chi connectivity index (χ3v) is 6.65. The number of hydrogen-bond donors (Lipinski definition) is 1. The smallest absolute Gasteiger partial charge is 0.338 e. The first-order valence-electron chi connectivity index (χ1n) is 11.7. The van der Waals surface area contributed by atoms with Gasteiger partial charge in [0.15, 0.2) is 0 Å². The highest BCUT2D eigenvalue weighted by Crippen LogP contribution is 2.45. The number of carboxylic acid groups (broad SMARTS) is 1. The zero-order valence-corrected chi connectivity index (χ0v) is 18.5. The van der Waals surface area contributed by atoms with Gasteiger partial charge in [0.2, 0.25) is 0 Å². The fourth-order valence-electron chi connectivity index (χ4n) is 4.91. The zero-order chi connectivity index (χ0) is 22.8. The number of ether oxygens (including phenoxy) is 1. The first-order valence-corrected chi connectivity index (χ1v) is 11.7. The Morgan fingerprint density at radius 2 is 1.61 bits per heavy atom. The van der Waals surface area contributed by atoms with Gasteiger partial charge >= 0.3 is 5.97 Å². The Kier molecular flexibility index (Phi) is 6.14. The SMILES string of the molecule is O=C(O)c1cc(C2CC2)c(O[C@@H]2CCCN(C(c3ccccc3)c3ccccc3)C2)cc1F. The van der Waals surface area contributed by atoms with E-state index in [2.05, 4.69) is 53.4 Å². The standard InChI is InChI=1S/C28H28FNO3/c29-25-17-26(23(19-13-14-19)16-24(25)28(31)32)33-22-12-7-15-30(18-22)27(20-8-3-1-4-9-20)21-10-5-2-6-11-21/h1-6,8-11,16-17,19,22,27H,7,12-15,18H2,(H,31,32)/t22-/m1/s1. The van der Waals surface area contributed by atoms with E-state index in [1.54, 1.807) is 0 Å². The van der Waals surface area contributed by atoms with Crippen LogP contribution in [0.25, 0.3) is 0 Å². The van der Waals surface area contributed by atoms with Crippen molar-refractivity contribution < 1.29 is 19.0 Å². The van der Waals surface area contributed by atoms with E-state index < -0.39 is 11.8 Å². The molecule has 170 valence electrons. The topological polar surface area (TPSA) is 49.8 Å². The molecule has 1 heterocycles. The van der Waals surface area contributed by atoms with Gasteiger partial charge in [0.25, 0.3) is 0 Å². The molecule has 3 aromatic carbocycles. The van der Waals surface area contributed by atoms with Crippen LogP contribution in [0.2, 0.25) is 0 Å². The molecule has 5 heteroatoms. The summed E-state index contributed by atoms with van der Waals surface area (Å²) >= 11 is 0. The van der Waals surface area contributed by atoms with E-state index in [4.69, 9.17) is 4.74 Å². The highest BCUT2D eigenvalue weighted by atomic mass is 19.1. The molecule has 0 amide bonds. The van der Waals surface area contributed by atoms with Crippen molar-refractivity contribution in [2.75, 3.05) is 13.1 Å². The minimum Gasteiger partial charge on any atom is -0.489 e. The monoisotopic (exact) mass is 445 g/mol. The third-order valence-electron chi connectivity index (χ3n) is 6.65. The fraction of sp³-hybridized carbons (Fsp3) is 0.321. The van der Waals surface area contributed by atoms with Crippen molar-refractivity contribution in [3.8, 4) is 5.75 Å². The first-order chi connectivity index (χ1) is 16.1. The Balaban J connectivity index is 1.41. The van der Waals surface area contributed by atoms with E-state index in [1.807, 2.05) is 12.1 Å². The van der Waals surface area contributed by atoms with Crippen molar-refractivity contribution in [3.63, 3.8) is 0 Å². The summed E-state index contributed by atoms with van der Waals surface area (Å²) in [6.07, 6.45) is 3.76. The second-order valence-corrected chi connectivity index (χ2v) is 9.05. The molecule has 5 rings (SSSR count). The van der Waals surface area contributed by atoms with Crippen LogP contribution in [0.15, 0.2) is 72.8 Å². The molecule has 0 aromatic heterocycles. The van der Waals surface area contributed by atoms with Crippen LogP contribution in [0.5, 0.6) is 5.75 Å². The van der Waals surface area contributed by atoms with Crippen molar-refractivity contribution in [1.29, 1.82) is 0 Å². The van der Waals surface area contributed by atoms with Crippen molar-refractivity contribution in [1.82, 2.24) is 4.90 Å². The van der Waals surface area contributed by atoms with E-state index >= 15 is 0 Å². The summed E-state index contributed by atoms with van der Waals surface area (Å²) in [5, 5.41) is 9.33. The van der Waals surface area contributed by atoms with E-state index in [1.165, 1.54) is 23.3 Å². The summed E-state index contributed by atoms with van der Waals surface area (Å²) in [4.78, 5) is 13.9. The Morgan fingerprint density at radius 3 is 2.18 bits per heavy atom. The first kappa shape index (κ1) is 21.7. The number of rotatable bonds is 7. The van der Waals surface area contributed by atoms with Crippen LogP contribution >= 0.6 is 0 Å². The molecule has 0 bridgehead atoms. The van der Waals surface area contributed by atoms with E-state index in [-0.39, 0.29) is 23.6 Å². The Labute approximate surface area is 193 Å². The van der Waals surface area contributed by atoms with Crippen molar-refractivity contribution in [2.45, 2.75) is 43.7 Å². The average molecular weight is 446 g/mol. The van der Waals surface area contributed by atoms with Crippen LogP contribution in [0.1, 0.15) is 64.7 Å². The summed E-state index contributed by atoms with van der Waals surface area (Å²) < 4.78 is 20.9. The lowest BCUT2D eigenvalue weighted by molar-refractivity contribution is 0.0684. The molecule has 0 radical (unpaired) electrons. The molecule has 1 atom stereocenters. The molecule has 1 aliphatic heterocycles. The predicted molar refractivity (Wildman–Crippen MR) is 125 cm³/mol. The molecule has 1 saturated carbocycles. The van der Waals surface area contributed by atoms with Crippen LogP contribution in [-0.2, 0) is 0 Å². The molecule has 0 spiro atoms. The number of carboxylic acids is 1. The third kappa shape index (κ3) is 4.79. The number of carbonyl (C=O) groups is 1. The van der Waals surface area contributed by atoms with Gasteiger partial charge in [-0.05, 0) is 60.9 Å². The molecule has 2 fully saturated rings.